The Labute approximate surface area is 154 Å². The molecule has 2 N–H and O–H groups in total. The number of para-hydroxylation sites is 1. The Morgan fingerprint density at radius 3 is 2.65 bits per heavy atom. The Kier molecular flexibility index (Phi) is 4.14. The number of rotatable bonds is 3. The first-order valence-corrected chi connectivity index (χ1v) is 9.03. The summed E-state index contributed by atoms with van der Waals surface area (Å²) in [6.07, 6.45) is 0. The number of fused-ring (bicyclic) bond motifs is 1. The second-order valence-corrected chi connectivity index (χ2v) is 6.85. The van der Waals surface area contributed by atoms with Gasteiger partial charge in [0.1, 0.15) is 0 Å². The van der Waals surface area contributed by atoms with E-state index < -0.39 is 0 Å². The number of carbonyl (C=O) groups is 1. The SMILES string of the molecule is Cc1ccc(-c2csc3nc(NC(=O)Nc4ccccc4)nn23)c(C)c1. The maximum absolute atomic E-state index is 12.1. The molecule has 2 aromatic carbocycles. The minimum atomic E-state index is -0.373. The average molecular weight is 363 g/mol. The maximum atomic E-state index is 12.1. The van der Waals surface area contributed by atoms with Gasteiger partial charge in [0, 0.05) is 16.6 Å². The Balaban J connectivity index is 1.59. The number of carbonyl (C=O) groups excluding carboxylic acids is 1. The lowest BCUT2D eigenvalue weighted by Crippen LogP contribution is -2.20. The molecule has 0 aliphatic rings. The molecule has 4 aromatic rings. The van der Waals surface area contributed by atoms with Crippen LogP contribution < -0.4 is 10.6 Å². The molecule has 0 aliphatic carbocycles. The first-order valence-electron chi connectivity index (χ1n) is 8.15. The second-order valence-electron chi connectivity index (χ2n) is 6.01. The van der Waals surface area contributed by atoms with Crippen LogP contribution in [0.15, 0.2) is 53.9 Å². The van der Waals surface area contributed by atoms with Crippen LogP contribution in [0.3, 0.4) is 0 Å². The first kappa shape index (κ1) is 16.3. The smallest absolute Gasteiger partial charge is 0.308 e. The van der Waals surface area contributed by atoms with Gasteiger partial charge >= 0.3 is 6.03 Å². The fourth-order valence-corrected chi connectivity index (χ4v) is 3.63. The monoisotopic (exact) mass is 363 g/mol. The van der Waals surface area contributed by atoms with E-state index in [4.69, 9.17) is 0 Å². The van der Waals surface area contributed by atoms with Crippen LogP contribution >= 0.6 is 11.3 Å². The molecular formula is C19H17N5OS. The van der Waals surface area contributed by atoms with E-state index in [-0.39, 0.29) is 12.0 Å². The average Bonchev–Trinajstić information content (AvgIpc) is 3.16. The topological polar surface area (TPSA) is 71.3 Å². The van der Waals surface area contributed by atoms with Crippen molar-refractivity contribution in [2.45, 2.75) is 13.8 Å². The first-order chi connectivity index (χ1) is 12.6. The molecule has 4 rings (SSSR count). The molecule has 2 amide bonds. The van der Waals surface area contributed by atoms with Crippen molar-refractivity contribution in [3.8, 4) is 11.3 Å². The highest BCUT2D eigenvalue weighted by molar-refractivity contribution is 7.15. The van der Waals surface area contributed by atoms with Gasteiger partial charge in [-0.05, 0) is 31.5 Å². The Morgan fingerprint density at radius 2 is 1.88 bits per heavy atom. The van der Waals surface area contributed by atoms with Crippen molar-refractivity contribution in [3.63, 3.8) is 0 Å². The van der Waals surface area contributed by atoms with Crippen molar-refractivity contribution in [3.05, 3.63) is 65.0 Å². The molecule has 0 radical (unpaired) electrons. The highest BCUT2D eigenvalue weighted by atomic mass is 32.1. The van der Waals surface area contributed by atoms with Gasteiger partial charge in [0.05, 0.1) is 5.69 Å². The number of hydrogen-bond acceptors (Lipinski definition) is 4. The number of hydrogen-bond donors (Lipinski definition) is 2. The van der Waals surface area contributed by atoms with E-state index in [1.807, 2.05) is 35.7 Å². The third-order valence-corrected chi connectivity index (χ3v) is 4.81. The third kappa shape index (κ3) is 3.16. The van der Waals surface area contributed by atoms with Crippen molar-refractivity contribution >= 4 is 34.0 Å². The second kappa shape index (κ2) is 6.61. The van der Waals surface area contributed by atoms with Gasteiger partial charge in [0.15, 0.2) is 0 Å². The molecule has 6 nitrogen and oxygen atoms in total. The molecule has 7 heteroatoms. The van der Waals surface area contributed by atoms with E-state index in [0.717, 1.165) is 16.2 Å². The van der Waals surface area contributed by atoms with Gasteiger partial charge in [-0.3, -0.25) is 5.32 Å². The number of thiazole rings is 1. The van der Waals surface area contributed by atoms with E-state index in [1.54, 1.807) is 4.52 Å². The minimum Gasteiger partial charge on any atom is -0.308 e. The van der Waals surface area contributed by atoms with Crippen LogP contribution in [0.4, 0.5) is 16.4 Å². The van der Waals surface area contributed by atoms with Crippen LogP contribution in [0, 0.1) is 13.8 Å². The van der Waals surface area contributed by atoms with Crippen LogP contribution in [0.25, 0.3) is 16.2 Å². The van der Waals surface area contributed by atoms with Crippen molar-refractivity contribution in [1.82, 2.24) is 14.6 Å². The molecule has 0 spiro atoms. The molecule has 0 bridgehead atoms. The lowest BCUT2D eigenvalue weighted by atomic mass is 10.0. The van der Waals surface area contributed by atoms with Gasteiger partial charge in [-0.25, -0.2) is 9.31 Å². The Bertz CT molecular complexity index is 1080. The number of aryl methyl sites for hydroxylation is 2. The van der Waals surface area contributed by atoms with E-state index in [9.17, 15) is 4.79 Å². The molecule has 0 saturated carbocycles. The molecule has 0 saturated heterocycles. The fraction of sp³-hybridized carbons (Fsp3) is 0.105. The Hall–Kier alpha value is -3.19. The standard InChI is InChI=1S/C19H17N5OS/c1-12-8-9-15(13(2)10-12)16-11-26-19-22-17(23-24(16)19)21-18(25)20-14-6-4-3-5-7-14/h3-11H,1-2H3,(H2,20,21,23,25). The van der Waals surface area contributed by atoms with E-state index >= 15 is 0 Å². The lowest BCUT2D eigenvalue weighted by molar-refractivity contribution is 0.262. The minimum absolute atomic E-state index is 0.274. The molecule has 0 aliphatic heterocycles. The number of aromatic nitrogens is 3. The van der Waals surface area contributed by atoms with Crippen molar-refractivity contribution in [1.29, 1.82) is 0 Å². The van der Waals surface area contributed by atoms with Crippen molar-refractivity contribution < 1.29 is 4.79 Å². The van der Waals surface area contributed by atoms with Crippen molar-refractivity contribution in [2.24, 2.45) is 0 Å². The number of nitrogens with one attached hydrogen (secondary N) is 2. The lowest BCUT2D eigenvalue weighted by Gasteiger charge is -2.05. The summed E-state index contributed by atoms with van der Waals surface area (Å²) < 4.78 is 1.76. The zero-order chi connectivity index (χ0) is 18.1. The summed E-state index contributed by atoms with van der Waals surface area (Å²) in [6, 6.07) is 15.2. The van der Waals surface area contributed by atoms with Crippen LogP contribution in [0.5, 0.6) is 0 Å². The summed E-state index contributed by atoms with van der Waals surface area (Å²) in [5.74, 6) is 0.274. The van der Waals surface area contributed by atoms with Crippen molar-refractivity contribution in [2.75, 3.05) is 10.6 Å². The molecule has 130 valence electrons. The van der Waals surface area contributed by atoms with Gasteiger partial charge in [-0.15, -0.1) is 16.4 Å². The molecule has 2 heterocycles. The van der Waals surface area contributed by atoms with Crippen LogP contribution in [0.2, 0.25) is 0 Å². The number of anilines is 2. The summed E-state index contributed by atoms with van der Waals surface area (Å²) in [4.78, 5) is 17.2. The summed E-state index contributed by atoms with van der Waals surface area (Å²) in [5, 5.41) is 11.9. The molecule has 0 atom stereocenters. The quantitative estimate of drug-likeness (QED) is 0.553. The van der Waals surface area contributed by atoms with Gasteiger partial charge in [-0.1, -0.05) is 42.0 Å². The van der Waals surface area contributed by atoms with Gasteiger partial charge in [-0.2, -0.15) is 4.98 Å². The Morgan fingerprint density at radius 1 is 1.08 bits per heavy atom. The van der Waals surface area contributed by atoms with E-state index in [1.165, 1.54) is 22.5 Å². The van der Waals surface area contributed by atoms with Crippen LogP contribution in [-0.4, -0.2) is 20.6 Å². The van der Waals surface area contributed by atoms with Gasteiger partial charge < -0.3 is 5.32 Å². The molecule has 0 unspecified atom stereocenters. The maximum Gasteiger partial charge on any atom is 0.326 e. The highest BCUT2D eigenvalue weighted by Crippen LogP contribution is 2.28. The normalized spacial score (nSPS) is 10.8. The molecule has 0 fully saturated rings. The van der Waals surface area contributed by atoms with Gasteiger partial charge in [0.2, 0.25) is 4.96 Å². The van der Waals surface area contributed by atoms with Gasteiger partial charge in [0.25, 0.3) is 5.95 Å². The summed E-state index contributed by atoms with van der Waals surface area (Å²) in [6.45, 7) is 4.15. The summed E-state index contributed by atoms with van der Waals surface area (Å²) in [7, 11) is 0. The largest absolute Gasteiger partial charge is 0.326 e. The van der Waals surface area contributed by atoms with Crippen LogP contribution in [0.1, 0.15) is 11.1 Å². The molecule has 2 aromatic heterocycles. The molecule has 26 heavy (non-hydrogen) atoms. The summed E-state index contributed by atoms with van der Waals surface area (Å²) in [5.41, 5.74) is 5.17. The highest BCUT2D eigenvalue weighted by Gasteiger charge is 2.14. The molecular weight excluding hydrogens is 346 g/mol. The number of nitrogens with zero attached hydrogens (tertiary/aromatic N) is 3. The fourth-order valence-electron chi connectivity index (χ4n) is 2.81. The predicted octanol–water partition coefficient (Wildman–Crippen LogP) is 4.72. The predicted molar refractivity (Wildman–Crippen MR) is 105 cm³/mol. The van der Waals surface area contributed by atoms with E-state index in [0.29, 0.717) is 5.69 Å². The zero-order valence-electron chi connectivity index (χ0n) is 14.4. The zero-order valence-corrected chi connectivity index (χ0v) is 15.2. The van der Waals surface area contributed by atoms with E-state index in [2.05, 4.69) is 52.8 Å². The number of urea groups is 1. The number of amides is 2. The summed E-state index contributed by atoms with van der Waals surface area (Å²) >= 11 is 1.49. The third-order valence-electron chi connectivity index (χ3n) is 4.00. The van der Waals surface area contributed by atoms with Crippen LogP contribution in [-0.2, 0) is 0 Å². The number of benzene rings is 2.